The molecule has 0 unspecified atom stereocenters. The quantitative estimate of drug-likeness (QED) is 0.782. The molecule has 0 aromatic heterocycles. The molecule has 126 valence electrons. The number of benzene rings is 3. The van der Waals surface area contributed by atoms with E-state index in [9.17, 15) is 18.3 Å². The van der Waals surface area contributed by atoms with Crippen LogP contribution in [0.2, 0.25) is 0 Å². The first kappa shape index (κ1) is 15.5. The van der Waals surface area contributed by atoms with Gasteiger partial charge in [-0.15, -0.1) is 5.75 Å². The summed E-state index contributed by atoms with van der Waals surface area (Å²) in [6.45, 7) is 0. The maximum Gasteiger partial charge on any atom is 0.262 e. The zero-order chi connectivity index (χ0) is 17.8. The fourth-order valence-electron chi connectivity index (χ4n) is 3.08. The number of amides is 1. The third-order valence-electron chi connectivity index (χ3n) is 4.27. The summed E-state index contributed by atoms with van der Waals surface area (Å²) in [5, 5.41) is 12.3. The fraction of sp³-hybridized carbons (Fsp3) is 0.0556. The van der Waals surface area contributed by atoms with Crippen LogP contribution < -0.4 is 14.7 Å². The summed E-state index contributed by atoms with van der Waals surface area (Å²) in [6.07, 6.45) is 0. The van der Waals surface area contributed by atoms with E-state index in [1.165, 1.54) is 35.2 Å². The van der Waals surface area contributed by atoms with Crippen molar-refractivity contribution in [3.05, 3.63) is 60.2 Å². The van der Waals surface area contributed by atoms with Crippen LogP contribution in [0, 0.1) is 0 Å². The minimum absolute atomic E-state index is 0.0856. The molecule has 6 nitrogen and oxygen atoms in total. The van der Waals surface area contributed by atoms with Crippen molar-refractivity contribution < 1.29 is 18.3 Å². The number of hydrogen-bond donors (Lipinski definition) is 1. The highest BCUT2D eigenvalue weighted by atomic mass is 32.2. The van der Waals surface area contributed by atoms with Gasteiger partial charge in [-0.25, -0.2) is 8.42 Å². The van der Waals surface area contributed by atoms with E-state index in [1.54, 1.807) is 31.3 Å². The topological polar surface area (TPSA) is 89.5 Å². The van der Waals surface area contributed by atoms with Crippen molar-refractivity contribution in [1.82, 2.24) is 0 Å². The Balaban J connectivity index is 1.88. The summed E-state index contributed by atoms with van der Waals surface area (Å²) in [4.78, 5) is 13.9. The van der Waals surface area contributed by atoms with Crippen LogP contribution in [0.5, 0.6) is 5.75 Å². The van der Waals surface area contributed by atoms with Gasteiger partial charge in [0.15, 0.2) is 0 Å². The summed E-state index contributed by atoms with van der Waals surface area (Å²) < 4.78 is 28.1. The monoisotopic (exact) mass is 353 g/mol. The lowest BCUT2D eigenvalue weighted by atomic mass is 10.1. The predicted molar refractivity (Wildman–Crippen MR) is 93.4 cm³/mol. The van der Waals surface area contributed by atoms with Gasteiger partial charge in [-0.1, -0.05) is 24.3 Å². The van der Waals surface area contributed by atoms with Gasteiger partial charge < -0.3 is 10.0 Å². The molecule has 0 aliphatic carbocycles. The number of carbonyl (C=O) groups is 1. The molecule has 7 heteroatoms. The van der Waals surface area contributed by atoms with Crippen LogP contribution in [-0.4, -0.2) is 21.4 Å². The van der Waals surface area contributed by atoms with Gasteiger partial charge in [-0.3, -0.25) is 9.52 Å². The first-order chi connectivity index (χ1) is 11.9. The normalized spacial score (nSPS) is 13.5. The third kappa shape index (κ3) is 2.32. The van der Waals surface area contributed by atoms with E-state index in [0.717, 1.165) is 0 Å². The molecule has 0 atom stereocenters. The van der Waals surface area contributed by atoms with Crippen molar-refractivity contribution in [2.75, 3.05) is 16.7 Å². The Morgan fingerprint density at radius 1 is 1.00 bits per heavy atom. The molecule has 1 aliphatic heterocycles. The van der Waals surface area contributed by atoms with Crippen LogP contribution in [0.25, 0.3) is 10.8 Å². The van der Waals surface area contributed by atoms with Gasteiger partial charge in [0.2, 0.25) is 0 Å². The standard InChI is InChI=1S/C18H14N2O4S/c1-20-15-9-10-16(13-3-2-4-14(17(13)15)18(20)22)25(23,24)19-11-5-7-12(21)8-6-11/h2-10,19,21H,1H3/p-1. The first-order valence-corrected chi connectivity index (χ1v) is 9.00. The van der Waals surface area contributed by atoms with Crippen LogP contribution in [0.15, 0.2) is 59.5 Å². The highest BCUT2D eigenvalue weighted by Gasteiger charge is 2.30. The van der Waals surface area contributed by atoms with E-state index < -0.39 is 10.0 Å². The molecule has 1 amide bonds. The molecule has 1 heterocycles. The summed E-state index contributed by atoms with van der Waals surface area (Å²) >= 11 is 0. The number of sulfonamides is 1. The molecule has 0 spiro atoms. The van der Waals surface area contributed by atoms with Gasteiger partial charge in [-0.2, -0.15) is 0 Å². The molecule has 3 aromatic carbocycles. The molecule has 0 fully saturated rings. The van der Waals surface area contributed by atoms with Crippen molar-refractivity contribution in [2.45, 2.75) is 4.90 Å². The average Bonchev–Trinajstić information content (AvgIpc) is 2.84. The highest BCUT2D eigenvalue weighted by Crippen LogP contribution is 2.39. The SMILES string of the molecule is CN1C(=O)c2cccc3c(S(=O)(=O)Nc4ccc([O-])cc4)ccc1c23. The number of anilines is 2. The smallest absolute Gasteiger partial charge is 0.262 e. The van der Waals surface area contributed by atoms with Crippen molar-refractivity contribution >= 4 is 38.1 Å². The molecule has 1 aliphatic rings. The maximum atomic E-state index is 12.8. The Kier molecular flexibility index (Phi) is 3.23. The largest absolute Gasteiger partial charge is 0.872 e. The second-order valence-electron chi connectivity index (χ2n) is 5.81. The number of carbonyl (C=O) groups excluding carboxylic acids is 1. The zero-order valence-corrected chi connectivity index (χ0v) is 14.0. The van der Waals surface area contributed by atoms with Crippen LogP contribution >= 0.6 is 0 Å². The lowest BCUT2D eigenvalue weighted by molar-refractivity contribution is -0.268. The second kappa shape index (κ2) is 5.22. The molecule has 3 aromatic rings. The summed E-state index contributed by atoms with van der Waals surface area (Å²) in [5.74, 6) is -0.357. The van der Waals surface area contributed by atoms with Gasteiger partial charge in [0, 0.05) is 29.1 Å². The molecule has 0 radical (unpaired) electrons. The number of nitrogens with zero attached hydrogens (tertiary/aromatic N) is 1. The van der Waals surface area contributed by atoms with Gasteiger partial charge in [0.1, 0.15) is 0 Å². The minimum Gasteiger partial charge on any atom is -0.872 e. The second-order valence-corrected chi connectivity index (χ2v) is 7.46. The molecule has 0 saturated heterocycles. The van der Waals surface area contributed by atoms with Gasteiger partial charge in [-0.05, 0) is 30.3 Å². The van der Waals surface area contributed by atoms with Crippen LogP contribution in [0.3, 0.4) is 0 Å². The number of nitrogens with one attached hydrogen (secondary N) is 1. The van der Waals surface area contributed by atoms with Crippen LogP contribution in [-0.2, 0) is 10.0 Å². The number of rotatable bonds is 3. The fourth-order valence-corrected chi connectivity index (χ4v) is 4.34. The number of hydrogen-bond acceptors (Lipinski definition) is 4. The van der Waals surface area contributed by atoms with E-state index in [1.807, 2.05) is 0 Å². The highest BCUT2D eigenvalue weighted by molar-refractivity contribution is 7.93. The van der Waals surface area contributed by atoms with E-state index in [-0.39, 0.29) is 16.6 Å². The average molecular weight is 353 g/mol. The Morgan fingerprint density at radius 2 is 1.72 bits per heavy atom. The molecule has 25 heavy (non-hydrogen) atoms. The molecule has 1 N–H and O–H groups in total. The van der Waals surface area contributed by atoms with Gasteiger partial charge >= 0.3 is 0 Å². The van der Waals surface area contributed by atoms with Crippen molar-refractivity contribution in [3.63, 3.8) is 0 Å². The predicted octanol–water partition coefficient (Wildman–Crippen LogP) is 2.30. The molecular weight excluding hydrogens is 340 g/mol. The molecule has 0 bridgehead atoms. The zero-order valence-electron chi connectivity index (χ0n) is 13.2. The Labute approximate surface area is 144 Å². The Morgan fingerprint density at radius 3 is 2.44 bits per heavy atom. The third-order valence-corrected chi connectivity index (χ3v) is 5.71. The van der Waals surface area contributed by atoms with Crippen molar-refractivity contribution in [3.8, 4) is 5.75 Å². The maximum absolute atomic E-state index is 12.8. The summed E-state index contributed by atoms with van der Waals surface area (Å²) in [7, 11) is -2.21. The lowest BCUT2D eigenvalue weighted by Gasteiger charge is -2.14. The summed E-state index contributed by atoms with van der Waals surface area (Å²) in [5.41, 5.74) is 1.48. The Bertz CT molecular complexity index is 1120. The van der Waals surface area contributed by atoms with E-state index >= 15 is 0 Å². The van der Waals surface area contributed by atoms with E-state index in [4.69, 9.17) is 0 Å². The Hall–Kier alpha value is -3.06. The van der Waals surface area contributed by atoms with Crippen LogP contribution in [0.4, 0.5) is 11.4 Å². The van der Waals surface area contributed by atoms with E-state index in [2.05, 4.69) is 4.72 Å². The van der Waals surface area contributed by atoms with Gasteiger partial charge in [0.25, 0.3) is 15.9 Å². The van der Waals surface area contributed by atoms with E-state index in [0.29, 0.717) is 27.7 Å². The molecule has 0 saturated carbocycles. The van der Waals surface area contributed by atoms with Crippen LogP contribution in [0.1, 0.15) is 10.4 Å². The minimum atomic E-state index is -3.88. The van der Waals surface area contributed by atoms with Gasteiger partial charge in [0.05, 0.1) is 10.6 Å². The molecule has 4 rings (SSSR count). The molecular formula is C18H13N2O4S-. The van der Waals surface area contributed by atoms with Crippen molar-refractivity contribution in [2.24, 2.45) is 0 Å². The summed E-state index contributed by atoms with van der Waals surface area (Å²) in [6, 6.07) is 13.6. The van der Waals surface area contributed by atoms with Crippen molar-refractivity contribution in [1.29, 1.82) is 0 Å². The first-order valence-electron chi connectivity index (χ1n) is 7.52. The lowest BCUT2D eigenvalue weighted by Crippen LogP contribution is -2.20.